The number of carbonyl (C=O) groups excluding carboxylic acids is 3. The highest BCUT2D eigenvalue weighted by Crippen LogP contribution is 2.43. The maximum atomic E-state index is 13.3. The molecule has 2 unspecified atom stereocenters. The van der Waals surface area contributed by atoms with E-state index in [2.05, 4.69) is 0 Å². The van der Waals surface area contributed by atoms with E-state index in [0.717, 1.165) is 10.8 Å². The molecule has 3 atom stereocenters. The van der Waals surface area contributed by atoms with Crippen LogP contribution in [-0.4, -0.2) is 66.0 Å². The summed E-state index contributed by atoms with van der Waals surface area (Å²) in [6.45, 7) is 0.455. The molecule has 0 aromatic heterocycles. The van der Waals surface area contributed by atoms with Crippen LogP contribution in [0.4, 0.5) is 10.5 Å². The van der Waals surface area contributed by atoms with Crippen molar-refractivity contribution in [3.05, 3.63) is 42.5 Å². The van der Waals surface area contributed by atoms with Crippen molar-refractivity contribution in [2.75, 3.05) is 25.2 Å². The van der Waals surface area contributed by atoms with Crippen LogP contribution < -0.4 is 4.90 Å². The molecule has 3 fully saturated rings. The van der Waals surface area contributed by atoms with Gasteiger partial charge in [0.2, 0.25) is 5.91 Å². The summed E-state index contributed by atoms with van der Waals surface area (Å²) in [6.07, 6.45) is 0.654. The number of methoxy groups -OCH3 is 1. The van der Waals surface area contributed by atoms with Crippen molar-refractivity contribution in [3.63, 3.8) is 0 Å². The molecule has 2 aromatic rings. The molecule has 3 aliphatic rings. The van der Waals surface area contributed by atoms with E-state index in [0.29, 0.717) is 18.7 Å². The summed E-state index contributed by atoms with van der Waals surface area (Å²) in [7, 11) is 1.48. The van der Waals surface area contributed by atoms with Gasteiger partial charge < -0.3 is 14.5 Å². The van der Waals surface area contributed by atoms with E-state index < -0.39 is 6.04 Å². The zero-order valence-corrected chi connectivity index (χ0v) is 14.9. The summed E-state index contributed by atoms with van der Waals surface area (Å²) in [5.74, 6) is -0.382. The fourth-order valence-electron chi connectivity index (χ4n) is 4.78. The van der Waals surface area contributed by atoms with E-state index in [1.807, 2.05) is 36.4 Å². The fraction of sp³-hybridized carbons (Fsp3) is 0.350. The Morgan fingerprint density at radius 1 is 1.15 bits per heavy atom. The number of benzene rings is 2. The number of piperazine rings is 1. The molecule has 0 N–H and O–H groups in total. The number of amides is 4. The van der Waals surface area contributed by atoms with E-state index in [9.17, 15) is 14.4 Å². The normalized spacial score (nSPS) is 26.4. The smallest absolute Gasteiger partial charge is 0.332 e. The zero-order chi connectivity index (χ0) is 18.7. The van der Waals surface area contributed by atoms with Gasteiger partial charge in [-0.1, -0.05) is 36.4 Å². The Balaban J connectivity index is 1.53. The third-order valence-electron chi connectivity index (χ3n) is 5.86. The molecule has 3 saturated heterocycles. The number of fused-ring (bicyclic) bond motifs is 6. The van der Waals surface area contributed by atoms with Crippen LogP contribution >= 0.6 is 0 Å². The van der Waals surface area contributed by atoms with Crippen molar-refractivity contribution in [3.8, 4) is 0 Å². The number of anilines is 1. The minimum Gasteiger partial charge on any atom is -0.375 e. The third kappa shape index (κ3) is 2.15. The fourth-order valence-corrected chi connectivity index (χ4v) is 4.78. The molecule has 138 valence electrons. The quantitative estimate of drug-likeness (QED) is 0.775. The minimum atomic E-state index is -0.601. The number of hydrogen-bond donors (Lipinski definition) is 0. The lowest BCUT2D eigenvalue weighted by Gasteiger charge is -2.34. The van der Waals surface area contributed by atoms with Gasteiger partial charge in [-0.3, -0.25) is 9.59 Å². The van der Waals surface area contributed by atoms with Crippen LogP contribution in [0.1, 0.15) is 6.42 Å². The van der Waals surface area contributed by atoms with Crippen LogP contribution in [0, 0.1) is 0 Å². The van der Waals surface area contributed by atoms with Crippen molar-refractivity contribution in [2.24, 2.45) is 0 Å². The van der Waals surface area contributed by atoms with Crippen LogP contribution in [0.3, 0.4) is 0 Å². The van der Waals surface area contributed by atoms with Crippen LogP contribution in [0.5, 0.6) is 0 Å². The molecule has 0 saturated carbocycles. The Kier molecular flexibility index (Phi) is 3.48. The van der Waals surface area contributed by atoms with Crippen LogP contribution in [0.15, 0.2) is 42.5 Å². The molecule has 4 amide bonds. The molecule has 7 heteroatoms. The van der Waals surface area contributed by atoms with Gasteiger partial charge in [0.1, 0.15) is 12.6 Å². The van der Waals surface area contributed by atoms with Gasteiger partial charge in [-0.05, 0) is 17.9 Å². The Labute approximate surface area is 156 Å². The maximum absolute atomic E-state index is 13.3. The largest absolute Gasteiger partial charge is 0.375 e. The maximum Gasteiger partial charge on any atom is 0.332 e. The molecule has 0 radical (unpaired) electrons. The monoisotopic (exact) mass is 365 g/mol. The van der Waals surface area contributed by atoms with Crippen molar-refractivity contribution in [1.29, 1.82) is 0 Å². The predicted octanol–water partition coefficient (Wildman–Crippen LogP) is 1.61. The second-order valence-electron chi connectivity index (χ2n) is 7.24. The number of urea groups is 1. The van der Waals surface area contributed by atoms with Gasteiger partial charge >= 0.3 is 6.03 Å². The van der Waals surface area contributed by atoms with Crippen molar-refractivity contribution >= 4 is 34.3 Å². The molecular weight excluding hydrogens is 346 g/mol. The average molecular weight is 365 g/mol. The summed E-state index contributed by atoms with van der Waals surface area (Å²) < 4.78 is 4.95. The van der Waals surface area contributed by atoms with Crippen molar-refractivity contribution in [2.45, 2.75) is 24.5 Å². The number of nitrogens with zero attached hydrogens (tertiary/aromatic N) is 3. The van der Waals surface area contributed by atoms with E-state index in [1.165, 1.54) is 12.0 Å². The predicted molar refractivity (Wildman–Crippen MR) is 98.2 cm³/mol. The lowest BCUT2D eigenvalue weighted by molar-refractivity contribution is -0.139. The molecule has 0 aliphatic carbocycles. The minimum absolute atomic E-state index is 0.00882. The lowest BCUT2D eigenvalue weighted by atomic mass is 10.1. The SMILES string of the molecule is COCC(=O)N1C[C@H]2CC1C1C(=O)N(c3cccc4ccccc34)C(=O)N12. The number of likely N-dealkylation sites (tertiary alicyclic amines) is 1. The lowest BCUT2D eigenvalue weighted by Crippen LogP contribution is -2.55. The molecule has 27 heavy (non-hydrogen) atoms. The van der Waals surface area contributed by atoms with Crippen LogP contribution in [0.2, 0.25) is 0 Å². The second kappa shape index (κ2) is 5.79. The summed E-state index contributed by atoms with van der Waals surface area (Å²) >= 11 is 0. The molecule has 3 aliphatic heterocycles. The van der Waals surface area contributed by atoms with Gasteiger partial charge in [-0.25, -0.2) is 9.69 Å². The zero-order valence-electron chi connectivity index (χ0n) is 14.9. The summed E-state index contributed by atoms with van der Waals surface area (Å²) in [5.41, 5.74) is 0.603. The summed E-state index contributed by atoms with van der Waals surface area (Å²) in [5, 5.41) is 1.84. The number of carbonyl (C=O) groups is 3. The molecule has 2 bridgehead atoms. The Morgan fingerprint density at radius 3 is 2.74 bits per heavy atom. The Hall–Kier alpha value is -2.93. The van der Waals surface area contributed by atoms with E-state index in [-0.39, 0.29) is 36.5 Å². The average Bonchev–Trinajstić information content (AvgIpc) is 3.33. The van der Waals surface area contributed by atoms with Crippen molar-refractivity contribution in [1.82, 2.24) is 9.80 Å². The highest BCUT2D eigenvalue weighted by Gasteiger charge is 2.62. The highest BCUT2D eigenvalue weighted by atomic mass is 16.5. The van der Waals surface area contributed by atoms with Crippen molar-refractivity contribution < 1.29 is 19.1 Å². The molecule has 7 nitrogen and oxygen atoms in total. The number of imide groups is 1. The number of ether oxygens (including phenoxy) is 1. The molecule has 0 spiro atoms. The van der Waals surface area contributed by atoms with Gasteiger partial charge in [0.25, 0.3) is 5.91 Å². The van der Waals surface area contributed by atoms with Gasteiger partial charge in [0.15, 0.2) is 0 Å². The van der Waals surface area contributed by atoms with Gasteiger partial charge in [0, 0.05) is 19.0 Å². The van der Waals surface area contributed by atoms with E-state index in [1.54, 1.807) is 15.9 Å². The number of hydrogen-bond acceptors (Lipinski definition) is 4. The first-order valence-corrected chi connectivity index (χ1v) is 9.04. The van der Waals surface area contributed by atoms with E-state index >= 15 is 0 Å². The van der Waals surface area contributed by atoms with Crippen LogP contribution in [0.25, 0.3) is 10.8 Å². The van der Waals surface area contributed by atoms with Gasteiger partial charge in [-0.15, -0.1) is 0 Å². The highest BCUT2D eigenvalue weighted by molar-refractivity contribution is 6.25. The van der Waals surface area contributed by atoms with E-state index in [4.69, 9.17) is 4.74 Å². The first kappa shape index (κ1) is 16.3. The Bertz CT molecular complexity index is 969. The first-order chi connectivity index (χ1) is 13.1. The first-order valence-electron chi connectivity index (χ1n) is 9.04. The molecule has 2 aromatic carbocycles. The molecule has 5 rings (SSSR count). The molecular formula is C20H19N3O4. The summed E-state index contributed by atoms with van der Waals surface area (Å²) in [4.78, 5) is 43.4. The van der Waals surface area contributed by atoms with Crippen LogP contribution in [-0.2, 0) is 14.3 Å². The number of rotatable bonds is 3. The molecule has 3 heterocycles. The Morgan fingerprint density at radius 2 is 1.93 bits per heavy atom. The van der Waals surface area contributed by atoms with Gasteiger partial charge in [-0.2, -0.15) is 0 Å². The second-order valence-corrected chi connectivity index (χ2v) is 7.24. The third-order valence-corrected chi connectivity index (χ3v) is 5.86. The summed E-state index contributed by atoms with van der Waals surface area (Å²) in [6, 6.07) is 12.0. The topological polar surface area (TPSA) is 70.2 Å². The van der Waals surface area contributed by atoms with Gasteiger partial charge in [0.05, 0.1) is 17.8 Å². The standard InChI is InChI=1S/C20H19N3O4/c1-27-11-17(24)21-10-13-9-16(21)18-19(25)23(20(26)22(13)18)15-8-4-6-12-5-2-3-7-14(12)15/h2-8,13,16,18H,9-11H2,1H3/t13-,16?,18?/m1/s1.